The molecule has 0 amide bonds. The Kier molecular flexibility index (Phi) is 6.01. The number of ketones is 1. The van der Waals surface area contributed by atoms with Gasteiger partial charge < -0.3 is 5.11 Å². The van der Waals surface area contributed by atoms with Gasteiger partial charge in [0.25, 0.3) is 0 Å². The molecule has 0 saturated carbocycles. The zero-order valence-electron chi connectivity index (χ0n) is 13.9. The minimum absolute atomic E-state index is 0.185. The van der Waals surface area contributed by atoms with Crippen LogP contribution in [-0.4, -0.2) is 28.2 Å². The van der Waals surface area contributed by atoms with Crippen molar-refractivity contribution in [3.8, 4) is 0 Å². The third kappa shape index (κ3) is 3.44. The van der Waals surface area contributed by atoms with Crippen LogP contribution in [-0.2, 0) is 9.36 Å². The van der Waals surface area contributed by atoms with Crippen LogP contribution in [0.15, 0.2) is 12.1 Å². The van der Waals surface area contributed by atoms with E-state index in [9.17, 15) is 14.2 Å². The van der Waals surface area contributed by atoms with Gasteiger partial charge in [-0.2, -0.15) is 0 Å². The molecule has 0 bridgehead atoms. The van der Waals surface area contributed by atoms with E-state index in [1.165, 1.54) is 0 Å². The summed E-state index contributed by atoms with van der Waals surface area (Å²) in [4.78, 5) is 24.1. The highest BCUT2D eigenvalue weighted by Crippen LogP contribution is 2.47. The monoisotopic (exact) mass is 323 g/mol. The van der Waals surface area contributed by atoms with E-state index < -0.39 is 25.1 Å². The molecule has 0 saturated heterocycles. The quantitative estimate of drug-likeness (QED) is 0.601. The maximum absolute atomic E-state index is 13.1. The zero-order chi connectivity index (χ0) is 17.1. The van der Waals surface area contributed by atoms with Gasteiger partial charge in [0.05, 0.1) is 0 Å². The molecule has 120 valence electrons. The number of carbonyl (C=O) groups excluding carboxylic acids is 1. The molecule has 5 heteroatoms. The standard InChI is InChI=1S/C17H23O4P/c1-6-17(7-2,22(21)10-14(18)19)16(20)15-12(4)8-11(3)9-13(15)5/h8-9H,6-7,10H2,1-5H3/p+1. The molecule has 1 rings (SSSR count). The Labute approximate surface area is 132 Å². The average molecular weight is 323 g/mol. The fourth-order valence-electron chi connectivity index (χ4n) is 3.08. The van der Waals surface area contributed by atoms with Crippen molar-refractivity contribution in [1.82, 2.24) is 0 Å². The van der Waals surface area contributed by atoms with Crippen LogP contribution in [0.4, 0.5) is 0 Å². The number of Topliss-reactive ketones (excluding diaryl/α,β-unsaturated/α-hetero) is 1. The zero-order valence-corrected chi connectivity index (χ0v) is 14.8. The van der Waals surface area contributed by atoms with E-state index in [1.54, 1.807) is 13.8 Å². The lowest BCUT2D eigenvalue weighted by molar-refractivity contribution is -0.134. The van der Waals surface area contributed by atoms with Crippen LogP contribution in [0.3, 0.4) is 0 Å². The lowest BCUT2D eigenvalue weighted by Crippen LogP contribution is -2.36. The van der Waals surface area contributed by atoms with Gasteiger partial charge in [-0.05, 0) is 31.9 Å². The van der Waals surface area contributed by atoms with Gasteiger partial charge in [-0.25, -0.2) is 4.79 Å². The second kappa shape index (κ2) is 7.15. The molecular weight excluding hydrogens is 299 g/mol. The highest BCUT2D eigenvalue weighted by atomic mass is 31.1. The van der Waals surface area contributed by atoms with Crippen LogP contribution >= 0.6 is 7.80 Å². The summed E-state index contributed by atoms with van der Waals surface area (Å²) in [5.74, 6) is -1.31. The Balaban J connectivity index is 3.42. The topological polar surface area (TPSA) is 71.4 Å². The Morgan fingerprint density at radius 1 is 1.09 bits per heavy atom. The predicted octanol–water partition coefficient (Wildman–Crippen LogP) is 4.27. The van der Waals surface area contributed by atoms with Crippen molar-refractivity contribution in [1.29, 1.82) is 0 Å². The molecule has 0 aromatic heterocycles. The van der Waals surface area contributed by atoms with Gasteiger partial charge in [0, 0.05) is 18.4 Å². The van der Waals surface area contributed by atoms with Crippen LogP contribution < -0.4 is 0 Å². The average Bonchev–Trinajstić information content (AvgIpc) is 2.38. The highest BCUT2D eigenvalue weighted by molar-refractivity contribution is 7.49. The van der Waals surface area contributed by atoms with E-state index >= 15 is 0 Å². The van der Waals surface area contributed by atoms with Crippen molar-refractivity contribution < 1.29 is 19.3 Å². The van der Waals surface area contributed by atoms with Crippen molar-refractivity contribution in [2.75, 3.05) is 6.16 Å². The van der Waals surface area contributed by atoms with Gasteiger partial charge in [-0.3, -0.25) is 4.79 Å². The first-order chi connectivity index (χ1) is 10.2. The van der Waals surface area contributed by atoms with Crippen molar-refractivity contribution >= 4 is 19.6 Å². The Hall–Kier alpha value is -1.54. The van der Waals surface area contributed by atoms with Crippen LogP contribution in [0.2, 0.25) is 0 Å². The first-order valence-corrected chi connectivity index (χ1v) is 8.93. The summed E-state index contributed by atoms with van der Waals surface area (Å²) in [5, 5.41) is 7.84. The Morgan fingerprint density at radius 2 is 1.55 bits per heavy atom. The molecule has 0 aliphatic carbocycles. The van der Waals surface area contributed by atoms with Gasteiger partial charge >= 0.3 is 13.8 Å². The third-order valence-electron chi connectivity index (χ3n) is 4.25. The van der Waals surface area contributed by atoms with E-state index in [2.05, 4.69) is 0 Å². The fourth-order valence-corrected chi connectivity index (χ4v) is 4.67. The number of aliphatic carboxylic acids is 1. The first-order valence-electron chi connectivity index (χ1n) is 7.48. The molecular formula is C17H24O4P+. The number of aryl methyl sites for hydroxylation is 3. The molecule has 1 N–H and O–H groups in total. The van der Waals surface area contributed by atoms with Gasteiger partial charge in [0.15, 0.2) is 0 Å². The number of carboxylic acids is 1. The number of carboxylic acid groups (broad SMARTS) is 1. The van der Waals surface area contributed by atoms with Crippen molar-refractivity contribution in [2.45, 2.75) is 52.6 Å². The van der Waals surface area contributed by atoms with Crippen LogP contribution in [0.5, 0.6) is 0 Å². The van der Waals surface area contributed by atoms with E-state index in [0.717, 1.165) is 16.7 Å². The summed E-state index contributed by atoms with van der Waals surface area (Å²) in [6, 6.07) is 3.86. The minimum Gasteiger partial charge on any atom is -0.478 e. The van der Waals surface area contributed by atoms with E-state index in [1.807, 2.05) is 32.9 Å². The molecule has 0 aliphatic heterocycles. The van der Waals surface area contributed by atoms with Crippen molar-refractivity contribution in [3.05, 3.63) is 34.4 Å². The highest BCUT2D eigenvalue weighted by Gasteiger charge is 2.54. The lowest BCUT2D eigenvalue weighted by Gasteiger charge is -2.22. The minimum atomic E-state index is -2.16. The number of rotatable bonds is 7. The fraction of sp³-hybridized carbons (Fsp3) is 0.529. The molecule has 1 aromatic rings. The van der Waals surface area contributed by atoms with Gasteiger partial charge in [-0.1, -0.05) is 36.1 Å². The van der Waals surface area contributed by atoms with Gasteiger partial charge in [-0.15, -0.1) is 0 Å². The lowest BCUT2D eigenvalue weighted by atomic mass is 9.86. The smallest absolute Gasteiger partial charge is 0.365 e. The summed E-state index contributed by atoms with van der Waals surface area (Å²) < 4.78 is 12.6. The Morgan fingerprint density at radius 3 is 1.91 bits per heavy atom. The second-order valence-corrected chi connectivity index (χ2v) is 7.70. The molecule has 0 fully saturated rings. The SMILES string of the molecule is CCC(CC)(C(=O)c1c(C)cc(C)cc1C)[P+](=O)CC(=O)O. The maximum Gasteiger partial charge on any atom is 0.365 e. The molecule has 0 spiro atoms. The number of benzene rings is 1. The second-order valence-electron chi connectivity index (χ2n) is 5.77. The number of hydrogen-bond donors (Lipinski definition) is 1. The Bertz CT molecular complexity index is 592. The summed E-state index contributed by atoms with van der Waals surface area (Å²) in [6.07, 6.45) is 0.280. The largest absolute Gasteiger partial charge is 0.478 e. The first kappa shape index (κ1) is 18.5. The van der Waals surface area contributed by atoms with Gasteiger partial charge in [0.1, 0.15) is 0 Å². The molecule has 1 atom stereocenters. The summed E-state index contributed by atoms with van der Waals surface area (Å²) in [6.45, 7) is 9.30. The molecule has 0 heterocycles. The van der Waals surface area contributed by atoms with Crippen molar-refractivity contribution in [2.24, 2.45) is 0 Å². The number of hydrogen-bond acceptors (Lipinski definition) is 3. The van der Waals surface area contributed by atoms with Crippen LogP contribution in [0.25, 0.3) is 0 Å². The summed E-state index contributed by atoms with van der Waals surface area (Å²) in [7, 11) is -2.16. The summed E-state index contributed by atoms with van der Waals surface area (Å²) in [5.41, 5.74) is 3.36. The van der Waals surface area contributed by atoms with E-state index in [4.69, 9.17) is 5.11 Å². The molecule has 1 unspecified atom stereocenters. The maximum atomic E-state index is 13.1. The van der Waals surface area contributed by atoms with Crippen LogP contribution in [0.1, 0.15) is 53.7 Å². The molecule has 22 heavy (non-hydrogen) atoms. The third-order valence-corrected chi connectivity index (χ3v) is 6.60. The van der Waals surface area contributed by atoms with E-state index in [0.29, 0.717) is 18.4 Å². The molecule has 0 radical (unpaired) electrons. The molecule has 0 aliphatic rings. The van der Waals surface area contributed by atoms with Crippen molar-refractivity contribution in [3.63, 3.8) is 0 Å². The van der Waals surface area contributed by atoms with Crippen LogP contribution in [0, 0.1) is 20.8 Å². The van der Waals surface area contributed by atoms with Gasteiger partial charge in [0.2, 0.25) is 17.1 Å². The van der Waals surface area contributed by atoms with E-state index in [-0.39, 0.29) is 5.78 Å². The molecule has 4 nitrogen and oxygen atoms in total. The normalized spacial score (nSPS) is 12.1. The number of carbonyl (C=O) groups is 2. The predicted molar refractivity (Wildman–Crippen MR) is 88.4 cm³/mol. The molecule has 1 aromatic carbocycles. The summed E-state index contributed by atoms with van der Waals surface area (Å²) >= 11 is 0.